The predicted octanol–water partition coefficient (Wildman–Crippen LogP) is 3.81. The standard InChI is InChI=1S/C17H20N4OS/c18-8-9-23-11-16(22)19-13-6-7-14-15(10-13)21-17(20-14)12-4-2-1-3-5-12/h6-7,10,12H,1-5,9,11H2,(H,19,22)(H,20,21). The van der Waals surface area contributed by atoms with E-state index in [-0.39, 0.29) is 5.91 Å². The third-order valence-electron chi connectivity index (χ3n) is 4.18. The normalized spacial score (nSPS) is 15.4. The van der Waals surface area contributed by atoms with Crippen LogP contribution in [-0.2, 0) is 4.79 Å². The quantitative estimate of drug-likeness (QED) is 0.818. The van der Waals surface area contributed by atoms with Crippen LogP contribution >= 0.6 is 11.8 Å². The molecule has 1 amide bonds. The third-order valence-corrected chi connectivity index (χ3v) is 4.98. The van der Waals surface area contributed by atoms with Crippen LogP contribution < -0.4 is 5.32 Å². The molecule has 0 radical (unpaired) electrons. The first-order valence-electron chi connectivity index (χ1n) is 8.00. The van der Waals surface area contributed by atoms with Crippen LogP contribution in [0.4, 0.5) is 5.69 Å². The number of hydrogen-bond acceptors (Lipinski definition) is 4. The number of aromatic nitrogens is 2. The lowest BCUT2D eigenvalue weighted by Crippen LogP contribution is -2.14. The Balaban J connectivity index is 1.69. The molecule has 1 aromatic carbocycles. The molecule has 0 unspecified atom stereocenters. The first-order valence-corrected chi connectivity index (χ1v) is 9.16. The minimum Gasteiger partial charge on any atom is -0.342 e. The lowest BCUT2D eigenvalue weighted by molar-refractivity contribution is -0.113. The van der Waals surface area contributed by atoms with Crippen molar-refractivity contribution in [2.24, 2.45) is 0 Å². The summed E-state index contributed by atoms with van der Waals surface area (Å²) in [6.45, 7) is 0. The van der Waals surface area contributed by atoms with Crippen molar-refractivity contribution in [2.75, 3.05) is 16.8 Å². The third kappa shape index (κ3) is 4.05. The van der Waals surface area contributed by atoms with Crippen LogP contribution in [0.15, 0.2) is 18.2 Å². The van der Waals surface area contributed by atoms with Gasteiger partial charge in [-0.3, -0.25) is 4.79 Å². The lowest BCUT2D eigenvalue weighted by Gasteiger charge is -2.18. The number of rotatable bonds is 5. The summed E-state index contributed by atoms with van der Waals surface area (Å²) >= 11 is 1.31. The first-order chi connectivity index (χ1) is 11.3. The molecule has 0 saturated heterocycles. The van der Waals surface area contributed by atoms with E-state index in [4.69, 9.17) is 10.2 Å². The minimum atomic E-state index is -0.0865. The van der Waals surface area contributed by atoms with Gasteiger partial charge in [-0.2, -0.15) is 5.26 Å². The average molecular weight is 328 g/mol. The van der Waals surface area contributed by atoms with Crippen molar-refractivity contribution in [3.05, 3.63) is 24.0 Å². The van der Waals surface area contributed by atoms with Crippen LogP contribution in [-0.4, -0.2) is 27.4 Å². The number of nitriles is 1. The van der Waals surface area contributed by atoms with Gasteiger partial charge >= 0.3 is 0 Å². The maximum absolute atomic E-state index is 11.8. The summed E-state index contributed by atoms with van der Waals surface area (Å²) < 4.78 is 0. The van der Waals surface area contributed by atoms with E-state index in [1.165, 1.54) is 43.9 Å². The number of anilines is 1. The molecule has 1 aliphatic rings. The molecule has 1 heterocycles. The second-order valence-electron chi connectivity index (χ2n) is 5.89. The maximum Gasteiger partial charge on any atom is 0.234 e. The molecule has 1 fully saturated rings. The van der Waals surface area contributed by atoms with Gasteiger partial charge in [-0.1, -0.05) is 19.3 Å². The van der Waals surface area contributed by atoms with Gasteiger partial charge in [0.2, 0.25) is 5.91 Å². The zero-order valence-corrected chi connectivity index (χ0v) is 13.8. The number of fused-ring (bicyclic) bond motifs is 1. The molecular formula is C17H20N4OS. The summed E-state index contributed by atoms with van der Waals surface area (Å²) in [5, 5.41) is 11.3. The maximum atomic E-state index is 11.8. The highest BCUT2D eigenvalue weighted by atomic mass is 32.2. The number of imidazole rings is 1. The van der Waals surface area contributed by atoms with E-state index < -0.39 is 0 Å². The monoisotopic (exact) mass is 328 g/mol. The Labute approximate surface area is 139 Å². The Morgan fingerprint density at radius 1 is 1.39 bits per heavy atom. The zero-order chi connectivity index (χ0) is 16.1. The Kier molecular flexibility index (Phi) is 5.19. The van der Waals surface area contributed by atoms with Gasteiger partial charge < -0.3 is 10.3 Å². The molecule has 2 N–H and O–H groups in total. The summed E-state index contributed by atoms with van der Waals surface area (Å²) in [5.41, 5.74) is 2.68. The number of H-pyrrole nitrogens is 1. The molecule has 120 valence electrons. The number of nitrogens with zero attached hydrogens (tertiary/aromatic N) is 2. The minimum absolute atomic E-state index is 0.0865. The molecule has 0 aliphatic heterocycles. The molecule has 23 heavy (non-hydrogen) atoms. The Morgan fingerprint density at radius 2 is 2.22 bits per heavy atom. The van der Waals surface area contributed by atoms with E-state index in [2.05, 4.69) is 10.3 Å². The van der Waals surface area contributed by atoms with E-state index in [1.807, 2.05) is 24.3 Å². The summed E-state index contributed by atoms with van der Waals surface area (Å²) in [4.78, 5) is 19.9. The number of aromatic amines is 1. The number of hydrogen-bond donors (Lipinski definition) is 2. The average Bonchev–Trinajstić information content (AvgIpc) is 2.99. The summed E-state index contributed by atoms with van der Waals surface area (Å²) in [6, 6.07) is 7.76. The number of thioether (sulfide) groups is 1. The molecule has 5 nitrogen and oxygen atoms in total. The van der Waals surface area contributed by atoms with Crippen molar-refractivity contribution in [1.29, 1.82) is 5.26 Å². The second kappa shape index (κ2) is 7.51. The highest BCUT2D eigenvalue weighted by Crippen LogP contribution is 2.32. The molecule has 2 aromatic rings. The molecule has 0 bridgehead atoms. The first kappa shape index (κ1) is 15.9. The summed E-state index contributed by atoms with van der Waals surface area (Å²) in [5.74, 6) is 2.15. The van der Waals surface area contributed by atoms with Crippen LogP contribution in [0.5, 0.6) is 0 Å². The van der Waals surface area contributed by atoms with Crippen molar-refractivity contribution in [2.45, 2.75) is 38.0 Å². The molecule has 1 saturated carbocycles. The molecule has 1 aromatic heterocycles. The van der Waals surface area contributed by atoms with Gasteiger partial charge in [0, 0.05) is 11.6 Å². The van der Waals surface area contributed by atoms with Gasteiger partial charge in [-0.05, 0) is 31.0 Å². The summed E-state index contributed by atoms with van der Waals surface area (Å²) in [6.07, 6.45) is 6.31. The number of carbonyl (C=O) groups is 1. The SMILES string of the molecule is N#CCSCC(=O)Nc1ccc2nc(C3CCCCC3)[nH]c2c1. The van der Waals surface area contributed by atoms with E-state index in [1.54, 1.807) is 0 Å². The Bertz CT molecular complexity index is 728. The Morgan fingerprint density at radius 3 is 3.00 bits per heavy atom. The van der Waals surface area contributed by atoms with Gasteiger partial charge in [0.25, 0.3) is 0 Å². The predicted molar refractivity (Wildman–Crippen MR) is 93.5 cm³/mol. The number of benzene rings is 1. The fourth-order valence-corrected chi connectivity index (χ4v) is 3.51. The van der Waals surface area contributed by atoms with Crippen molar-refractivity contribution in [3.8, 4) is 6.07 Å². The number of carbonyl (C=O) groups excluding carboxylic acids is 1. The topological polar surface area (TPSA) is 81.6 Å². The van der Waals surface area contributed by atoms with Crippen LogP contribution in [0, 0.1) is 11.3 Å². The van der Waals surface area contributed by atoms with Crippen molar-refractivity contribution >= 4 is 34.4 Å². The number of amides is 1. The smallest absolute Gasteiger partial charge is 0.234 e. The molecule has 1 aliphatic carbocycles. The van der Waals surface area contributed by atoms with Crippen molar-refractivity contribution < 1.29 is 4.79 Å². The van der Waals surface area contributed by atoms with Gasteiger partial charge in [0.05, 0.1) is 28.6 Å². The van der Waals surface area contributed by atoms with Crippen molar-refractivity contribution in [1.82, 2.24) is 9.97 Å². The van der Waals surface area contributed by atoms with E-state index in [0.717, 1.165) is 22.5 Å². The van der Waals surface area contributed by atoms with E-state index in [0.29, 0.717) is 17.4 Å². The highest BCUT2D eigenvalue weighted by Gasteiger charge is 2.18. The van der Waals surface area contributed by atoms with Gasteiger partial charge in [-0.25, -0.2) is 4.98 Å². The largest absolute Gasteiger partial charge is 0.342 e. The molecule has 0 spiro atoms. The molecule has 0 atom stereocenters. The molecular weight excluding hydrogens is 308 g/mol. The van der Waals surface area contributed by atoms with Crippen LogP contribution in [0.25, 0.3) is 11.0 Å². The number of nitrogens with one attached hydrogen (secondary N) is 2. The van der Waals surface area contributed by atoms with Gasteiger partial charge in [0.1, 0.15) is 5.82 Å². The zero-order valence-electron chi connectivity index (χ0n) is 13.0. The van der Waals surface area contributed by atoms with Crippen LogP contribution in [0.2, 0.25) is 0 Å². The van der Waals surface area contributed by atoms with Gasteiger partial charge in [0.15, 0.2) is 0 Å². The fraction of sp³-hybridized carbons (Fsp3) is 0.471. The molecule has 6 heteroatoms. The van der Waals surface area contributed by atoms with E-state index >= 15 is 0 Å². The fourth-order valence-electron chi connectivity index (χ4n) is 3.06. The summed E-state index contributed by atoms with van der Waals surface area (Å²) in [7, 11) is 0. The Hall–Kier alpha value is -2.00. The van der Waals surface area contributed by atoms with Crippen LogP contribution in [0.1, 0.15) is 43.8 Å². The highest BCUT2D eigenvalue weighted by molar-refractivity contribution is 8.00. The van der Waals surface area contributed by atoms with Crippen LogP contribution in [0.3, 0.4) is 0 Å². The molecule has 3 rings (SSSR count). The second-order valence-corrected chi connectivity index (χ2v) is 6.87. The lowest BCUT2D eigenvalue weighted by atomic mass is 9.89. The van der Waals surface area contributed by atoms with Crippen molar-refractivity contribution in [3.63, 3.8) is 0 Å². The van der Waals surface area contributed by atoms with Gasteiger partial charge in [-0.15, -0.1) is 11.8 Å². The van der Waals surface area contributed by atoms with E-state index in [9.17, 15) is 4.79 Å².